The molecular formula is C16H11N5S2. The van der Waals surface area contributed by atoms with Crippen molar-refractivity contribution in [1.82, 2.24) is 24.2 Å². The number of para-hydroxylation sites is 2. The Balaban J connectivity index is 0.000000122. The van der Waals surface area contributed by atoms with Gasteiger partial charge in [-0.3, -0.25) is 0 Å². The summed E-state index contributed by atoms with van der Waals surface area (Å²) in [6, 6.07) is 16.8. The van der Waals surface area contributed by atoms with E-state index < -0.39 is 0 Å². The second-order valence-corrected chi connectivity index (χ2v) is 6.02. The molecule has 5 rings (SSSR count). The summed E-state index contributed by atoms with van der Waals surface area (Å²) < 4.78 is 7.41. The van der Waals surface area contributed by atoms with Crippen LogP contribution in [0.5, 0.6) is 0 Å². The maximum absolute atomic E-state index is 3.83. The van der Waals surface area contributed by atoms with Crippen LogP contribution in [0.15, 0.2) is 59.3 Å². The molecule has 3 heterocycles. The molecular weight excluding hydrogens is 326 g/mol. The molecule has 112 valence electrons. The quantitative estimate of drug-likeness (QED) is 0.493. The van der Waals surface area contributed by atoms with Crippen molar-refractivity contribution in [3.63, 3.8) is 0 Å². The van der Waals surface area contributed by atoms with Crippen molar-refractivity contribution in [2.24, 2.45) is 0 Å². The average molecular weight is 337 g/mol. The Morgan fingerprint density at radius 2 is 1.13 bits per heavy atom. The molecule has 0 unspecified atom stereocenters. The first kappa shape index (κ1) is 14.0. The first-order chi connectivity index (χ1) is 11.4. The molecule has 0 saturated carbocycles. The van der Waals surface area contributed by atoms with Crippen molar-refractivity contribution >= 4 is 44.9 Å². The number of hydrogen-bond acceptors (Lipinski definition) is 6. The number of rotatable bonds is 1. The predicted molar refractivity (Wildman–Crippen MR) is 94.6 cm³/mol. The number of nitrogens with one attached hydrogen (secondary N) is 1. The molecule has 0 radical (unpaired) electrons. The van der Waals surface area contributed by atoms with E-state index in [1.54, 1.807) is 0 Å². The van der Waals surface area contributed by atoms with E-state index >= 15 is 0 Å². The fourth-order valence-corrected chi connectivity index (χ4v) is 3.25. The molecule has 0 fully saturated rings. The topological polar surface area (TPSA) is 67.3 Å². The second-order valence-electron chi connectivity index (χ2n) is 4.80. The molecule has 0 bridgehead atoms. The van der Waals surface area contributed by atoms with E-state index in [1.807, 2.05) is 10.8 Å². The van der Waals surface area contributed by atoms with E-state index in [4.69, 9.17) is 0 Å². The first-order valence-corrected chi connectivity index (χ1v) is 8.59. The van der Waals surface area contributed by atoms with Crippen LogP contribution in [0.1, 0.15) is 0 Å². The lowest BCUT2D eigenvalue weighted by Gasteiger charge is -1.87. The van der Waals surface area contributed by atoms with Crippen LogP contribution in [0.2, 0.25) is 0 Å². The normalized spacial score (nSPS) is 10.6. The summed E-state index contributed by atoms with van der Waals surface area (Å²) in [5, 5.41) is 14.0. The van der Waals surface area contributed by atoms with Gasteiger partial charge in [0.25, 0.3) is 0 Å². The molecule has 0 aliphatic carbocycles. The lowest BCUT2D eigenvalue weighted by molar-refractivity contribution is 1.11. The molecule has 1 N–H and O–H groups in total. The van der Waals surface area contributed by atoms with Gasteiger partial charge in [0.15, 0.2) is 0 Å². The Morgan fingerprint density at radius 3 is 1.57 bits per heavy atom. The smallest absolute Gasteiger partial charge is 0.127 e. The number of H-pyrrole nitrogens is 1. The standard InChI is InChI=1S/C12H9N.C4H2N4S2/c1-3-7-11-9(5-1)10-6-2-4-8-12(10)13-11;1-3(5-7-9-1)4-2-10-8-6-4/h1-8,13H;1-2H. The van der Waals surface area contributed by atoms with Gasteiger partial charge in [-0.2, -0.15) is 0 Å². The largest absolute Gasteiger partial charge is 0.355 e. The predicted octanol–water partition coefficient (Wildman–Crippen LogP) is 4.38. The van der Waals surface area contributed by atoms with E-state index in [2.05, 4.69) is 72.7 Å². The number of aromatic amines is 1. The number of fused-ring (bicyclic) bond motifs is 3. The molecule has 23 heavy (non-hydrogen) atoms. The molecule has 0 aliphatic heterocycles. The molecule has 5 aromatic rings. The van der Waals surface area contributed by atoms with Gasteiger partial charge in [0.1, 0.15) is 11.4 Å². The number of benzene rings is 2. The fourth-order valence-electron chi connectivity index (χ4n) is 2.35. The van der Waals surface area contributed by atoms with Gasteiger partial charge in [-0.1, -0.05) is 45.4 Å². The summed E-state index contributed by atoms with van der Waals surface area (Å²) in [5.41, 5.74) is 4.03. The summed E-state index contributed by atoms with van der Waals surface area (Å²) in [6.07, 6.45) is 0. The highest BCUT2D eigenvalue weighted by Crippen LogP contribution is 2.24. The minimum Gasteiger partial charge on any atom is -0.355 e. The number of hydrogen-bond donors (Lipinski definition) is 1. The molecule has 0 spiro atoms. The summed E-state index contributed by atoms with van der Waals surface area (Å²) in [7, 11) is 0. The van der Waals surface area contributed by atoms with Crippen LogP contribution in [0.25, 0.3) is 33.2 Å². The van der Waals surface area contributed by atoms with E-state index in [0.29, 0.717) is 0 Å². The van der Waals surface area contributed by atoms with Crippen molar-refractivity contribution in [3.05, 3.63) is 59.3 Å². The van der Waals surface area contributed by atoms with Crippen LogP contribution in [0.4, 0.5) is 0 Å². The van der Waals surface area contributed by atoms with Gasteiger partial charge >= 0.3 is 0 Å². The van der Waals surface area contributed by atoms with E-state index in [-0.39, 0.29) is 0 Å². The Hall–Kier alpha value is -2.64. The zero-order valence-corrected chi connectivity index (χ0v) is 13.5. The van der Waals surface area contributed by atoms with Crippen LogP contribution in [0.3, 0.4) is 0 Å². The Kier molecular flexibility index (Phi) is 3.79. The Bertz CT molecular complexity index is 937. The lowest BCUT2D eigenvalue weighted by atomic mass is 10.2. The zero-order valence-electron chi connectivity index (χ0n) is 11.9. The van der Waals surface area contributed by atoms with Crippen LogP contribution in [0, 0.1) is 0 Å². The monoisotopic (exact) mass is 337 g/mol. The highest BCUT2D eigenvalue weighted by molar-refractivity contribution is 7.04. The van der Waals surface area contributed by atoms with Gasteiger partial charge in [0.05, 0.1) is 0 Å². The molecule has 7 heteroatoms. The minimum atomic E-state index is 0.804. The van der Waals surface area contributed by atoms with Crippen molar-refractivity contribution < 1.29 is 0 Å². The van der Waals surface area contributed by atoms with Crippen LogP contribution in [-0.4, -0.2) is 24.2 Å². The summed E-state index contributed by atoms with van der Waals surface area (Å²) in [4.78, 5) is 3.38. The Morgan fingerprint density at radius 1 is 0.652 bits per heavy atom. The third-order valence-electron chi connectivity index (χ3n) is 3.40. The van der Waals surface area contributed by atoms with Crippen LogP contribution in [-0.2, 0) is 0 Å². The lowest BCUT2D eigenvalue weighted by Crippen LogP contribution is -1.76. The van der Waals surface area contributed by atoms with Gasteiger partial charge in [-0.15, -0.1) is 10.2 Å². The minimum absolute atomic E-state index is 0.804. The zero-order chi connectivity index (χ0) is 15.5. The first-order valence-electron chi connectivity index (χ1n) is 6.92. The highest BCUT2D eigenvalue weighted by atomic mass is 32.1. The third-order valence-corrected chi connectivity index (χ3v) is 4.41. The van der Waals surface area contributed by atoms with Crippen molar-refractivity contribution in [2.75, 3.05) is 0 Å². The average Bonchev–Trinajstić information content (AvgIpc) is 3.34. The van der Waals surface area contributed by atoms with Crippen LogP contribution >= 0.6 is 23.1 Å². The molecule has 0 aliphatic rings. The van der Waals surface area contributed by atoms with Gasteiger partial charge in [0.2, 0.25) is 0 Å². The van der Waals surface area contributed by atoms with Crippen molar-refractivity contribution in [2.45, 2.75) is 0 Å². The molecule has 0 amide bonds. The number of aromatic nitrogens is 5. The second kappa shape index (κ2) is 6.23. The van der Waals surface area contributed by atoms with Gasteiger partial charge in [-0.25, -0.2) is 0 Å². The fraction of sp³-hybridized carbons (Fsp3) is 0. The molecule has 0 atom stereocenters. The van der Waals surface area contributed by atoms with E-state index in [1.165, 1.54) is 44.9 Å². The van der Waals surface area contributed by atoms with Crippen molar-refractivity contribution in [1.29, 1.82) is 0 Å². The van der Waals surface area contributed by atoms with Crippen LogP contribution < -0.4 is 0 Å². The maximum atomic E-state index is 3.83. The molecule has 5 nitrogen and oxygen atoms in total. The number of nitrogens with zero attached hydrogens (tertiary/aromatic N) is 4. The molecule has 0 saturated heterocycles. The molecule has 3 aromatic heterocycles. The van der Waals surface area contributed by atoms with Gasteiger partial charge < -0.3 is 4.98 Å². The van der Waals surface area contributed by atoms with Gasteiger partial charge in [-0.05, 0) is 35.2 Å². The van der Waals surface area contributed by atoms with E-state index in [0.717, 1.165) is 11.4 Å². The van der Waals surface area contributed by atoms with Crippen molar-refractivity contribution in [3.8, 4) is 11.4 Å². The third kappa shape index (κ3) is 2.84. The highest BCUT2D eigenvalue weighted by Gasteiger charge is 2.02. The van der Waals surface area contributed by atoms with E-state index in [9.17, 15) is 0 Å². The summed E-state index contributed by atoms with van der Waals surface area (Å²) >= 11 is 2.63. The van der Waals surface area contributed by atoms with Gasteiger partial charge in [0, 0.05) is 32.6 Å². The summed E-state index contributed by atoms with van der Waals surface area (Å²) in [6.45, 7) is 0. The SMILES string of the molecule is c1ccc2c(c1)[nH]c1ccccc12.c1snnc1-c1csnn1. The summed E-state index contributed by atoms with van der Waals surface area (Å²) in [5.74, 6) is 0. The Labute approximate surface area is 140 Å². The maximum Gasteiger partial charge on any atom is 0.127 e. The molecule has 2 aromatic carbocycles.